The van der Waals surface area contributed by atoms with Crippen molar-refractivity contribution in [1.29, 1.82) is 0 Å². The number of aryl methyl sites for hydroxylation is 1. The quantitative estimate of drug-likeness (QED) is 0.685. The van der Waals surface area contributed by atoms with Crippen LogP contribution in [-0.4, -0.2) is 16.0 Å². The number of carbonyl (C=O) groups excluding carboxylic acids is 1. The molecule has 0 saturated carbocycles. The number of anilines is 1. The van der Waals surface area contributed by atoms with Crippen molar-refractivity contribution in [1.82, 2.24) is 5.16 Å². The maximum absolute atomic E-state index is 13.3. The van der Waals surface area contributed by atoms with E-state index in [4.69, 9.17) is 4.52 Å². The zero-order chi connectivity index (χ0) is 19.3. The molecule has 0 bridgehead atoms. The topological polar surface area (TPSA) is 75.4 Å². The summed E-state index contributed by atoms with van der Waals surface area (Å²) < 4.78 is 5.53. The minimum atomic E-state index is -0.234. The molecule has 0 spiro atoms. The average Bonchev–Trinajstić information content (AvgIpc) is 3.08. The third kappa shape index (κ3) is 2.62. The van der Waals surface area contributed by atoms with Crippen molar-refractivity contribution in [2.45, 2.75) is 31.6 Å². The lowest BCUT2D eigenvalue weighted by Gasteiger charge is -2.34. The van der Waals surface area contributed by atoms with Crippen molar-refractivity contribution in [3.05, 3.63) is 88.3 Å². The Kier molecular flexibility index (Phi) is 3.83. The molecule has 0 unspecified atom stereocenters. The fraction of sp³-hybridized carbons (Fsp3) is 0.217. The normalized spacial score (nSPS) is 21.1. The highest BCUT2D eigenvalue weighted by molar-refractivity contribution is 6.01. The number of hydrogen-bond acceptors (Lipinski definition) is 5. The minimum absolute atomic E-state index is 0.144. The van der Waals surface area contributed by atoms with E-state index in [1.165, 1.54) is 5.56 Å². The first kappa shape index (κ1) is 16.8. The molecule has 0 fully saturated rings. The molecule has 2 heterocycles. The molecule has 2 N–H and O–H groups in total. The standard InChI is InChI=1S/C23H20N2O3/c1-13-20-21(15-7-9-17(26)10-8-15)22-18(24-23(20)28-25-13)11-16(12-19(22)27)14-5-3-2-4-6-14/h2-10,16,21,24,26H,11-12H2,1H3/t16-,21+/m1/s1. The Bertz CT molecular complexity index is 1080. The molecule has 2 aromatic carbocycles. The molecular weight excluding hydrogens is 352 g/mol. The molecule has 28 heavy (non-hydrogen) atoms. The summed E-state index contributed by atoms with van der Waals surface area (Å²) in [5, 5.41) is 17.2. The molecule has 1 aromatic heterocycles. The van der Waals surface area contributed by atoms with E-state index >= 15 is 0 Å². The molecule has 140 valence electrons. The van der Waals surface area contributed by atoms with Crippen molar-refractivity contribution in [3.8, 4) is 5.75 Å². The summed E-state index contributed by atoms with van der Waals surface area (Å²) >= 11 is 0. The molecule has 0 saturated heterocycles. The first-order chi connectivity index (χ1) is 13.6. The Labute approximate surface area is 162 Å². The zero-order valence-electron chi connectivity index (χ0n) is 15.5. The fourth-order valence-electron chi connectivity index (χ4n) is 4.43. The van der Waals surface area contributed by atoms with Gasteiger partial charge < -0.3 is 14.9 Å². The first-order valence-electron chi connectivity index (χ1n) is 9.45. The second-order valence-electron chi connectivity index (χ2n) is 7.49. The molecule has 3 aromatic rings. The van der Waals surface area contributed by atoms with E-state index < -0.39 is 0 Å². The van der Waals surface area contributed by atoms with Crippen molar-refractivity contribution in [3.63, 3.8) is 0 Å². The van der Waals surface area contributed by atoms with Crippen molar-refractivity contribution in [2.24, 2.45) is 0 Å². The Balaban J connectivity index is 1.63. The lowest BCUT2D eigenvalue weighted by Crippen LogP contribution is -2.29. The van der Waals surface area contributed by atoms with Crippen LogP contribution in [-0.2, 0) is 4.79 Å². The van der Waals surface area contributed by atoms with Gasteiger partial charge in [0.15, 0.2) is 5.78 Å². The van der Waals surface area contributed by atoms with Crippen molar-refractivity contribution in [2.75, 3.05) is 5.32 Å². The van der Waals surface area contributed by atoms with Crippen LogP contribution in [0.1, 0.15) is 47.1 Å². The molecule has 0 radical (unpaired) electrons. The largest absolute Gasteiger partial charge is 0.508 e. The highest BCUT2D eigenvalue weighted by atomic mass is 16.5. The van der Waals surface area contributed by atoms with Crippen molar-refractivity contribution >= 4 is 11.7 Å². The van der Waals surface area contributed by atoms with E-state index in [1.807, 2.05) is 37.3 Å². The van der Waals surface area contributed by atoms with E-state index in [-0.39, 0.29) is 23.4 Å². The van der Waals surface area contributed by atoms with E-state index in [9.17, 15) is 9.90 Å². The van der Waals surface area contributed by atoms with Crippen LogP contribution in [0.4, 0.5) is 5.88 Å². The second kappa shape index (κ2) is 6.37. The summed E-state index contributed by atoms with van der Waals surface area (Å²) in [4.78, 5) is 13.3. The number of fused-ring (bicyclic) bond motifs is 1. The SMILES string of the molecule is Cc1noc2c1[C@H](c1ccc(O)cc1)C1=C(C[C@@H](c3ccccc3)CC1=O)N2. The maximum Gasteiger partial charge on any atom is 0.233 e. The first-order valence-corrected chi connectivity index (χ1v) is 9.45. The van der Waals surface area contributed by atoms with Crippen LogP contribution >= 0.6 is 0 Å². The van der Waals surface area contributed by atoms with Crippen LogP contribution < -0.4 is 5.32 Å². The van der Waals surface area contributed by atoms with Gasteiger partial charge in [-0.15, -0.1) is 0 Å². The van der Waals surface area contributed by atoms with E-state index in [0.717, 1.165) is 34.5 Å². The lowest BCUT2D eigenvalue weighted by molar-refractivity contribution is -0.116. The number of aromatic hydroxyl groups is 1. The molecule has 2 aliphatic rings. The Morgan fingerprint density at radius 1 is 1.04 bits per heavy atom. The summed E-state index contributed by atoms with van der Waals surface area (Å²) in [6, 6.07) is 17.2. The molecule has 5 nitrogen and oxygen atoms in total. The van der Waals surface area contributed by atoms with Crippen molar-refractivity contribution < 1.29 is 14.4 Å². The molecular formula is C23H20N2O3. The van der Waals surface area contributed by atoms with Crippen LogP contribution in [0, 0.1) is 6.92 Å². The van der Waals surface area contributed by atoms with Gasteiger partial charge in [-0.2, -0.15) is 0 Å². The molecule has 1 aliphatic heterocycles. The van der Waals surface area contributed by atoms with Gasteiger partial charge in [-0.1, -0.05) is 47.6 Å². The molecule has 0 amide bonds. The number of nitrogens with one attached hydrogen (secondary N) is 1. The number of nitrogens with zero attached hydrogens (tertiary/aromatic N) is 1. The van der Waals surface area contributed by atoms with Gasteiger partial charge >= 0.3 is 0 Å². The van der Waals surface area contributed by atoms with E-state index in [1.54, 1.807) is 12.1 Å². The molecule has 5 heteroatoms. The van der Waals surface area contributed by atoms with Gasteiger partial charge in [0.1, 0.15) is 5.75 Å². The summed E-state index contributed by atoms with van der Waals surface area (Å²) in [5.74, 6) is 0.865. The predicted octanol–water partition coefficient (Wildman–Crippen LogP) is 4.65. The van der Waals surface area contributed by atoms with Gasteiger partial charge in [0.05, 0.1) is 11.3 Å². The highest BCUT2D eigenvalue weighted by Crippen LogP contribution is 2.49. The number of rotatable bonds is 2. The van der Waals surface area contributed by atoms with Gasteiger partial charge in [-0.05, 0) is 42.5 Å². The van der Waals surface area contributed by atoms with E-state index in [0.29, 0.717) is 12.3 Å². The van der Waals surface area contributed by atoms with Crippen LogP contribution in [0.3, 0.4) is 0 Å². The average molecular weight is 372 g/mol. The maximum atomic E-state index is 13.3. The summed E-state index contributed by atoms with van der Waals surface area (Å²) in [6.07, 6.45) is 1.23. The third-order valence-electron chi connectivity index (χ3n) is 5.76. The molecule has 5 rings (SSSR count). The molecule has 2 atom stereocenters. The Morgan fingerprint density at radius 2 is 1.79 bits per heavy atom. The Morgan fingerprint density at radius 3 is 2.54 bits per heavy atom. The fourth-order valence-corrected chi connectivity index (χ4v) is 4.43. The van der Waals surface area contributed by atoms with E-state index in [2.05, 4.69) is 22.6 Å². The predicted molar refractivity (Wildman–Crippen MR) is 105 cm³/mol. The summed E-state index contributed by atoms with van der Waals surface area (Å²) in [6.45, 7) is 1.89. The van der Waals surface area contributed by atoms with Gasteiger partial charge in [-0.3, -0.25) is 4.79 Å². The van der Waals surface area contributed by atoms with Gasteiger partial charge in [0, 0.05) is 23.6 Å². The summed E-state index contributed by atoms with van der Waals surface area (Å²) in [7, 11) is 0. The number of carbonyl (C=O) groups is 1. The summed E-state index contributed by atoms with van der Waals surface area (Å²) in [5.41, 5.74) is 5.49. The van der Waals surface area contributed by atoms with Crippen LogP contribution in [0.25, 0.3) is 0 Å². The smallest absolute Gasteiger partial charge is 0.233 e. The monoisotopic (exact) mass is 372 g/mol. The van der Waals surface area contributed by atoms with Crippen LogP contribution in [0.5, 0.6) is 5.75 Å². The number of benzene rings is 2. The van der Waals surface area contributed by atoms with Gasteiger partial charge in [0.2, 0.25) is 5.88 Å². The third-order valence-corrected chi connectivity index (χ3v) is 5.76. The van der Waals surface area contributed by atoms with Gasteiger partial charge in [0.25, 0.3) is 0 Å². The second-order valence-corrected chi connectivity index (χ2v) is 7.49. The number of Topliss-reactive ketones (excluding diaryl/α,β-unsaturated/α-hetero) is 1. The van der Waals surface area contributed by atoms with Crippen LogP contribution in [0.15, 0.2) is 70.4 Å². The Hall–Kier alpha value is -3.34. The number of ketones is 1. The highest BCUT2D eigenvalue weighted by Gasteiger charge is 2.41. The number of phenolic OH excluding ortho intramolecular Hbond substituents is 1. The molecule has 1 aliphatic carbocycles. The number of aromatic nitrogens is 1. The minimum Gasteiger partial charge on any atom is -0.508 e. The number of hydrogen-bond donors (Lipinski definition) is 2. The lowest BCUT2D eigenvalue weighted by atomic mass is 9.72. The van der Waals surface area contributed by atoms with Gasteiger partial charge in [-0.25, -0.2) is 0 Å². The zero-order valence-corrected chi connectivity index (χ0v) is 15.5. The number of phenols is 1. The number of allylic oxidation sites excluding steroid dienone is 2. The van der Waals surface area contributed by atoms with Crippen LogP contribution in [0.2, 0.25) is 0 Å².